The van der Waals surface area contributed by atoms with E-state index in [4.69, 9.17) is 0 Å². The van der Waals surface area contributed by atoms with E-state index in [-0.39, 0.29) is 0 Å². The second-order valence-electron chi connectivity index (χ2n) is 8.47. The maximum absolute atomic E-state index is 3.68. The number of hydrogen-bond acceptors (Lipinski definition) is 2. The quantitative estimate of drug-likeness (QED) is 0.819. The third-order valence-electron chi connectivity index (χ3n) is 6.19. The molecule has 21 heavy (non-hydrogen) atoms. The van der Waals surface area contributed by atoms with Gasteiger partial charge >= 0.3 is 0 Å². The van der Waals surface area contributed by atoms with Crippen LogP contribution in [-0.4, -0.2) is 37.1 Å². The molecule has 1 aliphatic carbocycles. The Morgan fingerprint density at radius 2 is 1.90 bits per heavy atom. The molecule has 5 unspecified atom stereocenters. The lowest BCUT2D eigenvalue weighted by Gasteiger charge is -2.49. The Hall–Kier alpha value is -0.0800. The summed E-state index contributed by atoms with van der Waals surface area (Å²) < 4.78 is 0. The molecular weight excluding hydrogens is 256 g/mol. The molecule has 2 heteroatoms. The third-order valence-corrected chi connectivity index (χ3v) is 6.19. The Morgan fingerprint density at radius 1 is 1.14 bits per heavy atom. The third kappa shape index (κ3) is 4.45. The van der Waals surface area contributed by atoms with Gasteiger partial charge in [-0.15, -0.1) is 0 Å². The molecule has 2 fully saturated rings. The zero-order valence-corrected chi connectivity index (χ0v) is 15.1. The first kappa shape index (κ1) is 17.3. The zero-order valence-electron chi connectivity index (χ0n) is 15.1. The van der Waals surface area contributed by atoms with Gasteiger partial charge in [-0.2, -0.15) is 0 Å². The highest BCUT2D eigenvalue weighted by molar-refractivity contribution is 4.93. The van der Waals surface area contributed by atoms with E-state index in [1.807, 2.05) is 0 Å². The predicted molar refractivity (Wildman–Crippen MR) is 92.6 cm³/mol. The smallest absolute Gasteiger partial charge is 0.00930 e. The normalized spacial score (nSPS) is 42.1. The van der Waals surface area contributed by atoms with Gasteiger partial charge in [0.2, 0.25) is 0 Å². The van der Waals surface area contributed by atoms with Crippen molar-refractivity contribution in [2.45, 2.75) is 72.8 Å². The van der Waals surface area contributed by atoms with E-state index in [1.165, 1.54) is 51.7 Å². The molecule has 0 aromatic heterocycles. The molecule has 1 heterocycles. The Bertz CT molecular complexity index is 317. The summed E-state index contributed by atoms with van der Waals surface area (Å²) in [4.78, 5) is 2.83. The molecule has 124 valence electrons. The summed E-state index contributed by atoms with van der Waals surface area (Å²) in [6.07, 6.45) is 7.13. The Kier molecular flexibility index (Phi) is 6.14. The van der Waals surface area contributed by atoms with Gasteiger partial charge in [-0.1, -0.05) is 40.5 Å². The van der Waals surface area contributed by atoms with Crippen LogP contribution in [0, 0.1) is 23.2 Å². The lowest BCUT2D eigenvalue weighted by Crippen LogP contribution is -2.53. The summed E-state index contributed by atoms with van der Waals surface area (Å²) >= 11 is 0. The minimum Gasteiger partial charge on any atom is -0.316 e. The van der Waals surface area contributed by atoms with Crippen molar-refractivity contribution in [3.63, 3.8) is 0 Å². The van der Waals surface area contributed by atoms with Crippen molar-refractivity contribution in [1.82, 2.24) is 10.2 Å². The standard InChI is InChI=1S/C19H38N2/c1-6-20-13-19(9-7-8-15(2)11-19)14-21-12-16(3)10-17(4)18(21)5/h15-18,20H,6-14H2,1-5H3. The molecule has 0 spiro atoms. The minimum absolute atomic E-state index is 0.527. The summed E-state index contributed by atoms with van der Waals surface area (Å²) in [7, 11) is 0. The van der Waals surface area contributed by atoms with E-state index in [0.29, 0.717) is 5.41 Å². The number of hydrogen-bond donors (Lipinski definition) is 1. The van der Waals surface area contributed by atoms with Crippen LogP contribution in [0.1, 0.15) is 66.7 Å². The number of rotatable bonds is 5. The molecule has 1 saturated heterocycles. The van der Waals surface area contributed by atoms with E-state index in [9.17, 15) is 0 Å². The Balaban J connectivity index is 2.06. The molecule has 0 aromatic carbocycles. The van der Waals surface area contributed by atoms with Crippen LogP contribution in [0.2, 0.25) is 0 Å². The van der Waals surface area contributed by atoms with Crippen molar-refractivity contribution >= 4 is 0 Å². The monoisotopic (exact) mass is 294 g/mol. The van der Waals surface area contributed by atoms with Crippen molar-refractivity contribution in [2.75, 3.05) is 26.2 Å². The maximum atomic E-state index is 3.68. The first-order valence-corrected chi connectivity index (χ1v) is 9.40. The Labute approximate surface area is 133 Å². The van der Waals surface area contributed by atoms with Gasteiger partial charge < -0.3 is 5.32 Å². The van der Waals surface area contributed by atoms with Crippen molar-refractivity contribution in [2.24, 2.45) is 23.2 Å². The van der Waals surface area contributed by atoms with Gasteiger partial charge in [-0.25, -0.2) is 0 Å². The highest BCUT2D eigenvalue weighted by Crippen LogP contribution is 2.41. The molecule has 1 saturated carbocycles. The highest BCUT2D eigenvalue weighted by atomic mass is 15.2. The van der Waals surface area contributed by atoms with Gasteiger partial charge in [-0.3, -0.25) is 4.90 Å². The highest BCUT2D eigenvalue weighted by Gasteiger charge is 2.39. The number of nitrogens with one attached hydrogen (secondary N) is 1. The zero-order chi connectivity index (χ0) is 15.5. The van der Waals surface area contributed by atoms with Crippen LogP contribution in [0.3, 0.4) is 0 Å². The molecular formula is C19H38N2. The average Bonchev–Trinajstić information content (AvgIpc) is 2.42. The van der Waals surface area contributed by atoms with Gasteiger partial charge in [0.1, 0.15) is 0 Å². The van der Waals surface area contributed by atoms with Crippen LogP contribution in [0.4, 0.5) is 0 Å². The van der Waals surface area contributed by atoms with E-state index < -0.39 is 0 Å². The second-order valence-corrected chi connectivity index (χ2v) is 8.47. The van der Waals surface area contributed by atoms with Gasteiger partial charge in [0, 0.05) is 25.7 Å². The van der Waals surface area contributed by atoms with Crippen LogP contribution >= 0.6 is 0 Å². The number of piperidine rings is 1. The molecule has 2 nitrogen and oxygen atoms in total. The molecule has 1 N–H and O–H groups in total. The first-order chi connectivity index (χ1) is 9.96. The molecule has 5 atom stereocenters. The van der Waals surface area contributed by atoms with Crippen molar-refractivity contribution in [3.8, 4) is 0 Å². The van der Waals surface area contributed by atoms with E-state index in [2.05, 4.69) is 44.8 Å². The van der Waals surface area contributed by atoms with Crippen molar-refractivity contribution in [3.05, 3.63) is 0 Å². The van der Waals surface area contributed by atoms with Crippen LogP contribution in [-0.2, 0) is 0 Å². The molecule has 0 radical (unpaired) electrons. The largest absolute Gasteiger partial charge is 0.316 e. The number of likely N-dealkylation sites (tertiary alicyclic amines) is 1. The van der Waals surface area contributed by atoms with Gasteiger partial charge in [-0.05, 0) is 55.9 Å². The van der Waals surface area contributed by atoms with E-state index >= 15 is 0 Å². The van der Waals surface area contributed by atoms with Gasteiger partial charge in [0.25, 0.3) is 0 Å². The number of nitrogens with zero attached hydrogens (tertiary/aromatic N) is 1. The topological polar surface area (TPSA) is 15.3 Å². The first-order valence-electron chi connectivity index (χ1n) is 9.40. The fourth-order valence-corrected chi connectivity index (χ4v) is 4.99. The van der Waals surface area contributed by atoms with Crippen LogP contribution in [0.5, 0.6) is 0 Å². The van der Waals surface area contributed by atoms with Crippen LogP contribution < -0.4 is 5.32 Å². The fraction of sp³-hybridized carbons (Fsp3) is 1.00. The van der Waals surface area contributed by atoms with Crippen LogP contribution in [0.25, 0.3) is 0 Å². The summed E-state index contributed by atoms with van der Waals surface area (Å²) in [5.74, 6) is 2.63. The van der Waals surface area contributed by atoms with Gasteiger partial charge in [0.05, 0.1) is 0 Å². The molecule has 0 bridgehead atoms. The lowest BCUT2D eigenvalue weighted by atomic mass is 9.69. The van der Waals surface area contributed by atoms with Crippen molar-refractivity contribution in [1.29, 1.82) is 0 Å². The lowest BCUT2D eigenvalue weighted by molar-refractivity contribution is 0.0124. The van der Waals surface area contributed by atoms with Crippen molar-refractivity contribution < 1.29 is 0 Å². The van der Waals surface area contributed by atoms with Gasteiger partial charge in [0.15, 0.2) is 0 Å². The molecule has 1 aliphatic heterocycles. The summed E-state index contributed by atoms with van der Waals surface area (Å²) in [6, 6.07) is 0.761. The molecule has 0 amide bonds. The predicted octanol–water partition coefficient (Wildman–Crippen LogP) is 4.16. The summed E-state index contributed by atoms with van der Waals surface area (Å²) in [5, 5.41) is 3.68. The van der Waals surface area contributed by atoms with E-state index in [1.54, 1.807) is 0 Å². The molecule has 2 aliphatic rings. The van der Waals surface area contributed by atoms with E-state index in [0.717, 1.165) is 30.3 Å². The fourth-order valence-electron chi connectivity index (χ4n) is 4.99. The maximum Gasteiger partial charge on any atom is 0.00930 e. The second kappa shape index (κ2) is 7.46. The molecule has 0 aromatic rings. The van der Waals surface area contributed by atoms with Crippen LogP contribution in [0.15, 0.2) is 0 Å². The SMILES string of the molecule is CCNCC1(CN2CC(C)CC(C)C2C)CCCC(C)C1. The summed E-state index contributed by atoms with van der Waals surface area (Å²) in [5.41, 5.74) is 0.527. The molecule has 2 rings (SSSR count). The Morgan fingerprint density at radius 3 is 2.57 bits per heavy atom. The minimum atomic E-state index is 0.527. The summed E-state index contributed by atoms with van der Waals surface area (Å²) in [6.45, 7) is 17.0. The average molecular weight is 295 g/mol.